The molecule has 0 fully saturated rings. The van der Waals surface area contributed by atoms with E-state index in [1.54, 1.807) is 12.1 Å². The first-order valence-electron chi connectivity index (χ1n) is 7.82. The molecule has 2 N–H and O–H groups in total. The fraction of sp³-hybridized carbons (Fsp3) is 0.105. The third kappa shape index (κ3) is 2.22. The fourth-order valence-electron chi connectivity index (χ4n) is 3.14. The van der Waals surface area contributed by atoms with E-state index in [4.69, 9.17) is 0 Å². The van der Waals surface area contributed by atoms with E-state index in [-0.39, 0.29) is 40.1 Å². The van der Waals surface area contributed by atoms with Gasteiger partial charge in [0.15, 0.2) is 5.75 Å². The number of nitrogens with zero attached hydrogens (tertiary/aromatic N) is 2. The van der Waals surface area contributed by atoms with Crippen LogP contribution in [0.2, 0.25) is 0 Å². The summed E-state index contributed by atoms with van der Waals surface area (Å²) in [5.41, 5.74) is 0.752. The van der Waals surface area contributed by atoms with Gasteiger partial charge < -0.3 is 10.2 Å². The zero-order valence-electron chi connectivity index (χ0n) is 13.1. The Kier molecular flexibility index (Phi) is 3.39. The van der Waals surface area contributed by atoms with E-state index in [2.05, 4.69) is 4.98 Å². The normalized spacial score (nSPS) is 13.5. The number of benzene rings is 2. The fourth-order valence-corrected chi connectivity index (χ4v) is 3.14. The maximum Gasteiger partial charge on any atom is 0.265 e. The number of amides is 2. The molecule has 1 aliphatic rings. The molecule has 2 heterocycles. The smallest absolute Gasteiger partial charge is 0.265 e. The van der Waals surface area contributed by atoms with Gasteiger partial charge in [-0.1, -0.05) is 30.3 Å². The van der Waals surface area contributed by atoms with Crippen molar-refractivity contribution in [1.82, 2.24) is 9.88 Å². The van der Waals surface area contributed by atoms with Crippen LogP contribution in [0.15, 0.2) is 48.7 Å². The first-order valence-corrected chi connectivity index (χ1v) is 7.82. The maximum atomic E-state index is 12.7. The quantitative estimate of drug-likeness (QED) is 0.567. The molecule has 0 unspecified atom stereocenters. The van der Waals surface area contributed by atoms with Crippen molar-refractivity contribution >= 4 is 22.7 Å². The lowest BCUT2D eigenvalue weighted by Gasteiger charge is -2.13. The second-order valence-electron chi connectivity index (χ2n) is 5.84. The number of phenols is 2. The number of rotatable bonds is 3. The van der Waals surface area contributed by atoms with Gasteiger partial charge in [0.2, 0.25) is 0 Å². The molecule has 6 nitrogen and oxygen atoms in total. The summed E-state index contributed by atoms with van der Waals surface area (Å²) in [4.78, 5) is 30.4. The Bertz CT molecular complexity index is 954. The third-order valence-electron chi connectivity index (χ3n) is 4.40. The predicted octanol–water partition coefficient (Wildman–Crippen LogP) is 2.48. The third-order valence-corrected chi connectivity index (χ3v) is 4.40. The highest BCUT2D eigenvalue weighted by Crippen LogP contribution is 2.42. The molecule has 25 heavy (non-hydrogen) atoms. The minimum atomic E-state index is -0.615. The second kappa shape index (κ2) is 5.59. The molecule has 1 aliphatic heterocycles. The van der Waals surface area contributed by atoms with E-state index in [9.17, 15) is 19.8 Å². The highest BCUT2D eigenvalue weighted by molar-refractivity contribution is 6.26. The summed E-state index contributed by atoms with van der Waals surface area (Å²) in [6.07, 6.45) is 1.94. The standard InChI is InChI=1S/C19H14N2O4/c22-16-12-7-4-9-20-15(12)17(23)14-13(16)18(24)21(19(14)25)10-8-11-5-2-1-3-6-11/h1-7,9,22-23H,8,10H2. The van der Waals surface area contributed by atoms with E-state index in [0.29, 0.717) is 6.42 Å². The highest BCUT2D eigenvalue weighted by atomic mass is 16.3. The number of aromatic hydroxyl groups is 2. The molecular formula is C19H14N2O4. The van der Waals surface area contributed by atoms with Crippen molar-refractivity contribution < 1.29 is 19.8 Å². The number of fused-ring (bicyclic) bond motifs is 2. The van der Waals surface area contributed by atoms with Gasteiger partial charge in [-0.15, -0.1) is 0 Å². The summed E-state index contributed by atoms with van der Waals surface area (Å²) >= 11 is 0. The summed E-state index contributed by atoms with van der Waals surface area (Å²) in [6.45, 7) is 0.166. The van der Waals surface area contributed by atoms with Crippen LogP contribution in [0.25, 0.3) is 10.9 Å². The number of hydrogen-bond acceptors (Lipinski definition) is 5. The number of imide groups is 1. The van der Waals surface area contributed by atoms with Crippen molar-refractivity contribution in [1.29, 1.82) is 0 Å². The monoisotopic (exact) mass is 334 g/mol. The van der Waals surface area contributed by atoms with E-state index in [1.807, 2.05) is 30.3 Å². The predicted molar refractivity (Wildman–Crippen MR) is 90.6 cm³/mol. The number of pyridine rings is 1. The lowest BCUT2D eigenvalue weighted by atomic mass is 10.0. The minimum absolute atomic E-state index is 0.102. The van der Waals surface area contributed by atoms with Gasteiger partial charge in [-0.25, -0.2) is 0 Å². The highest BCUT2D eigenvalue weighted by Gasteiger charge is 2.41. The molecule has 2 aromatic carbocycles. The molecule has 3 aromatic rings. The van der Waals surface area contributed by atoms with Crippen LogP contribution in [0.5, 0.6) is 11.5 Å². The van der Waals surface area contributed by atoms with Gasteiger partial charge >= 0.3 is 0 Å². The molecule has 124 valence electrons. The Labute approximate surface area is 143 Å². The Morgan fingerprint density at radius 3 is 2.28 bits per heavy atom. The van der Waals surface area contributed by atoms with E-state index in [1.165, 1.54) is 6.20 Å². The SMILES string of the molecule is O=C1c2c(c(O)c3ncccc3c2O)C(=O)N1CCc1ccccc1. The lowest BCUT2D eigenvalue weighted by Crippen LogP contribution is -2.31. The van der Waals surface area contributed by atoms with E-state index >= 15 is 0 Å². The average Bonchev–Trinajstić information content (AvgIpc) is 2.90. The molecule has 1 aromatic heterocycles. The van der Waals surface area contributed by atoms with Crippen LogP contribution in [0, 0.1) is 0 Å². The molecular weight excluding hydrogens is 320 g/mol. The zero-order chi connectivity index (χ0) is 17.6. The number of aromatic nitrogens is 1. The molecule has 6 heteroatoms. The minimum Gasteiger partial charge on any atom is -0.506 e. The second-order valence-corrected chi connectivity index (χ2v) is 5.84. The van der Waals surface area contributed by atoms with Gasteiger partial charge in [0.1, 0.15) is 16.8 Å². The summed E-state index contributed by atoms with van der Waals surface area (Å²) < 4.78 is 0. The average molecular weight is 334 g/mol. The maximum absolute atomic E-state index is 12.7. The summed E-state index contributed by atoms with van der Waals surface area (Å²) in [6, 6.07) is 12.6. The van der Waals surface area contributed by atoms with Gasteiger partial charge in [0.25, 0.3) is 11.8 Å². The summed E-state index contributed by atoms with van der Waals surface area (Å²) in [5.74, 6) is -1.91. The lowest BCUT2D eigenvalue weighted by molar-refractivity contribution is 0.0655. The van der Waals surface area contributed by atoms with Crippen LogP contribution >= 0.6 is 0 Å². The Morgan fingerprint density at radius 1 is 0.880 bits per heavy atom. The van der Waals surface area contributed by atoms with Crippen molar-refractivity contribution in [3.05, 3.63) is 65.4 Å². The van der Waals surface area contributed by atoms with Crippen LogP contribution in [0.4, 0.5) is 0 Å². The Balaban J connectivity index is 1.76. The van der Waals surface area contributed by atoms with E-state index < -0.39 is 11.8 Å². The molecule has 2 amide bonds. The van der Waals surface area contributed by atoms with Gasteiger partial charge in [-0.05, 0) is 24.1 Å². The molecule has 0 bridgehead atoms. The van der Waals surface area contributed by atoms with Crippen molar-refractivity contribution in [3.8, 4) is 11.5 Å². The summed E-state index contributed by atoms with van der Waals surface area (Å²) in [7, 11) is 0. The van der Waals surface area contributed by atoms with Gasteiger partial charge in [0.05, 0.1) is 5.56 Å². The van der Waals surface area contributed by atoms with Crippen molar-refractivity contribution in [3.63, 3.8) is 0 Å². The van der Waals surface area contributed by atoms with Gasteiger partial charge in [0, 0.05) is 18.1 Å². The van der Waals surface area contributed by atoms with Crippen LogP contribution in [0.3, 0.4) is 0 Å². The van der Waals surface area contributed by atoms with Gasteiger partial charge in [-0.3, -0.25) is 19.5 Å². The van der Waals surface area contributed by atoms with Crippen molar-refractivity contribution in [2.24, 2.45) is 0 Å². The van der Waals surface area contributed by atoms with Crippen LogP contribution in [0.1, 0.15) is 26.3 Å². The first kappa shape index (κ1) is 15.1. The van der Waals surface area contributed by atoms with Crippen LogP contribution in [-0.4, -0.2) is 38.5 Å². The molecule has 0 radical (unpaired) electrons. The van der Waals surface area contributed by atoms with Crippen LogP contribution in [-0.2, 0) is 6.42 Å². The first-order chi connectivity index (χ1) is 12.1. The number of hydrogen-bond donors (Lipinski definition) is 2. The van der Waals surface area contributed by atoms with Crippen molar-refractivity contribution in [2.45, 2.75) is 6.42 Å². The molecule has 0 saturated heterocycles. The zero-order valence-corrected chi connectivity index (χ0v) is 13.1. The molecule has 0 spiro atoms. The number of carbonyl (C=O) groups is 2. The topological polar surface area (TPSA) is 90.7 Å². The molecule has 0 atom stereocenters. The molecule has 0 saturated carbocycles. The number of phenolic OH excluding ortho intramolecular Hbond substituents is 2. The van der Waals surface area contributed by atoms with Crippen molar-refractivity contribution in [2.75, 3.05) is 6.54 Å². The van der Waals surface area contributed by atoms with E-state index in [0.717, 1.165) is 10.5 Å². The summed E-state index contributed by atoms with van der Waals surface area (Å²) in [5, 5.41) is 21.1. The number of carbonyl (C=O) groups excluding carboxylic acids is 2. The largest absolute Gasteiger partial charge is 0.506 e. The van der Waals surface area contributed by atoms with Gasteiger partial charge in [-0.2, -0.15) is 0 Å². The Morgan fingerprint density at radius 2 is 1.56 bits per heavy atom. The Hall–Kier alpha value is -3.41. The molecule has 0 aliphatic carbocycles. The van der Waals surface area contributed by atoms with Crippen LogP contribution < -0.4 is 0 Å². The molecule has 4 rings (SSSR count).